The highest BCUT2D eigenvalue weighted by Crippen LogP contribution is 2.20. The predicted molar refractivity (Wildman–Crippen MR) is 102 cm³/mol. The monoisotopic (exact) mass is 315 g/mol. The third-order valence-corrected chi connectivity index (χ3v) is 3.41. The van der Waals surface area contributed by atoms with Crippen molar-refractivity contribution in [1.29, 1.82) is 0 Å². The Kier molecular flexibility index (Phi) is 12.8. The van der Waals surface area contributed by atoms with Gasteiger partial charge in [-0.25, -0.2) is 0 Å². The molecule has 1 aliphatic rings. The summed E-state index contributed by atoms with van der Waals surface area (Å²) in [6.07, 6.45) is 10.5. The topological polar surface area (TPSA) is 51.3 Å². The number of aromatic nitrogens is 1. The summed E-state index contributed by atoms with van der Waals surface area (Å²) in [6, 6.07) is 5.70. The maximum Gasteiger partial charge on any atom is 0.0539 e. The van der Waals surface area contributed by atoms with Crippen LogP contribution in [0.3, 0.4) is 0 Å². The molecule has 0 aromatic carbocycles. The second kappa shape index (κ2) is 13.9. The zero-order valence-corrected chi connectivity index (χ0v) is 15.3. The highest BCUT2D eigenvalue weighted by molar-refractivity contribution is 5.83. The van der Waals surface area contributed by atoms with Crippen LogP contribution in [0.15, 0.2) is 53.8 Å². The van der Waals surface area contributed by atoms with Crippen LogP contribution in [0.25, 0.3) is 0 Å². The summed E-state index contributed by atoms with van der Waals surface area (Å²) in [5.74, 6) is 0.783. The third-order valence-electron chi connectivity index (χ3n) is 3.41. The van der Waals surface area contributed by atoms with Crippen molar-refractivity contribution < 1.29 is 0 Å². The van der Waals surface area contributed by atoms with Crippen LogP contribution >= 0.6 is 0 Å². The molecule has 0 radical (unpaired) electrons. The molecule has 2 heterocycles. The molecule has 1 aromatic heterocycles. The molecule has 1 aromatic rings. The Morgan fingerprint density at radius 2 is 2.09 bits per heavy atom. The molecule has 1 aliphatic heterocycles. The molecule has 128 valence electrons. The van der Waals surface area contributed by atoms with Gasteiger partial charge in [-0.1, -0.05) is 38.5 Å². The first-order valence-electron chi connectivity index (χ1n) is 8.47. The third kappa shape index (κ3) is 11.5. The van der Waals surface area contributed by atoms with E-state index in [0.717, 1.165) is 24.5 Å². The number of hydrogen-bond acceptors (Lipinski definition) is 3. The van der Waals surface area contributed by atoms with Gasteiger partial charge in [-0.2, -0.15) is 0 Å². The number of pyridine rings is 1. The number of nitrogens with two attached hydrogens (primary N) is 1. The maximum absolute atomic E-state index is 5.29. The van der Waals surface area contributed by atoms with Crippen molar-refractivity contribution in [3.63, 3.8) is 0 Å². The van der Waals surface area contributed by atoms with Gasteiger partial charge in [-0.05, 0) is 51.2 Å². The fourth-order valence-corrected chi connectivity index (χ4v) is 1.94. The van der Waals surface area contributed by atoms with Crippen molar-refractivity contribution >= 4 is 5.71 Å². The minimum absolute atomic E-state index is 0.529. The lowest BCUT2D eigenvalue weighted by atomic mass is 10.0. The average molecular weight is 316 g/mol. The molecule has 0 fully saturated rings. The number of allylic oxidation sites excluding steroid dienone is 3. The van der Waals surface area contributed by atoms with E-state index in [1.165, 1.54) is 24.3 Å². The van der Waals surface area contributed by atoms with Gasteiger partial charge in [-0.15, -0.1) is 6.58 Å². The van der Waals surface area contributed by atoms with Gasteiger partial charge in [0.15, 0.2) is 0 Å². The Labute approximate surface area is 142 Å². The van der Waals surface area contributed by atoms with Crippen molar-refractivity contribution in [3.05, 3.63) is 54.5 Å². The summed E-state index contributed by atoms with van der Waals surface area (Å²) < 4.78 is 0. The van der Waals surface area contributed by atoms with Crippen LogP contribution in [-0.2, 0) is 6.54 Å². The van der Waals surface area contributed by atoms with E-state index in [1.807, 2.05) is 25.1 Å². The first-order valence-corrected chi connectivity index (χ1v) is 8.47. The van der Waals surface area contributed by atoms with E-state index in [4.69, 9.17) is 5.73 Å². The van der Waals surface area contributed by atoms with Crippen LogP contribution in [-0.4, -0.2) is 10.7 Å². The zero-order chi connectivity index (χ0) is 17.5. The van der Waals surface area contributed by atoms with Gasteiger partial charge in [0, 0.05) is 24.2 Å². The van der Waals surface area contributed by atoms with E-state index in [1.54, 1.807) is 12.3 Å². The van der Waals surface area contributed by atoms with Gasteiger partial charge in [0.05, 0.1) is 5.69 Å². The van der Waals surface area contributed by atoms with Gasteiger partial charge in [0.25, 0.3) is 0 Å². The normalized spacial score (nSPS) is 14.1. The molecule has 2 N–H and O–H groups in total. The van der Waals surface area contributed by atoms with E-state index >= 15 is 0 Å². The molecule has 0 bridgehead atoms. The molecule has 23 heavy (non-hydrogen) atoms. The second-order valence-electron chi connectivity index (χ2n) is 5.73. The van der Waals surface area contributed by atoms with Crippen LogP contribution < -0.4 is 5.73 Å². The van der Waals surface area contributed by atoms with Crippen LogP contribution in [0.1, 0.15) is 59.1 Å². The quantitative estimate of drug-likeness (QED) is 0.767. The van der Waals surface area contributed by atoms with Gasteiger partial charge in [0.1, 0.15) is 0 Å². The smallest absolute Gasteiger partial charge is 0.0539 e. The van der Waals surface area contributed by atoms with Crippen molar-refractivity contribution in [2.45, 2.75) is 59.9 Å². The molecule has 0 saturated carbocycles. The van der Waals surface area contributed by atoms with Crippen LogP contribution in [0, 0.1) is 5.92 Å². The van der Waals surface area contributed by atoms with E-state index < -0.39 is 0 Å². The lowest BCUT2D eigenvalue weighted by molar-refractivity contribution is 0.552. The van der Waals surface area contributed by atoms with Crippen molar-refractivity contribution in [2.75, 3.05) is 0 Å². The van der Waals surface area contributed by atoms with E-state index in [-0.39, 0.29) is 0 Å². The summed E-state index contributed by atoms with van der Waals surface area (Å²) in [5.41, 5.74) is 8.84. The second-order valence-corrected chi connectivity index (χ2v) is 5.73. The Hall–Kier alpha value is -1.74. The SMILES string of the molecule is C=CC.CCC(C)CC1=CCCC(C)=N1.NCc1ccccn1. The molecule has 3 nitrogen and oxygen atoms in total. The number of nitrogens with zero attached hydrogens (tertiary/aromatic N) is 2. The first kappa shape index (κ1) is 21.3. The van der Waals surface area contributed by atoms with Gasteiger partial charge in [0.2, 0.25) is 0 Å². The minimum atomic E-state index is 0.529. The zero-order valence-electron chi connectivity index (χ0n) is 15.3. The van der Waals surface area contributed by atoms with Crippen molar-refractivity contribution in [1.82, 2.24) is 4.98 Å². The number of hydrogen-bond donors (Lipinski definition) is 1. The molecule has 3 heteroatoms. The van der Waals surface area contributed by atoms with E-state index in [9.17, 15) is 0 Å². The lowest BCUT2D eigenvalue weighted by Gasteiger charge is -2.13. The maximum atomic E-state index is 5.29. The van der Waals surface area contributed by atoms with Crippen LogP contribution in [0.2, 0.25) is 0 Å². The van der Waals surface area contributed by atoms with E-state index in [0.29, 0.717) is 6.54 Å². The summed E-state index contributed by atoms with van der Waals surface area (Å²) in [5, 5.41) is 0. The first-order chi connectivity index (χ1) is 11.1. The molecule has 0 amide bonds. The Balaban J connectivity index is 0.000000379. The predicted octanol–water partition coefficient (Wildman–Crippen LogP) is 5.29. The minimum Gasteiger partial charge on any atom is -0.325 e. The van der Waals surface area contributed by atoms with Gasteiger partial charge >= 0.3 is 0 Å². The molecule has 1 atom stereocenters. The van der Waals surface area contributed by atoms with Crippen LogP contribution in [0.5, 0.6) is 0 Å². The molecule has 2 rings (SSSR count). The van der Waals surface area contributed by atoms with Crippen molar-refractivity contribution in [2.24, 2.45) is 16.6 Å². The molecule has 1 unspecified atom stereocenters. The average Bonchev–Trinajstić information content (AvgIpc) is 2.57. The van der Waals surface area contributed by atoms with Gasteiger partial charge in [-0.3, -0.25) is 9.98 Å². The number of rotatable bonds is 4. The molecule has 0 saturated heterocycles. The highest BCUT2D eigenvalue weighted by Gasteiger charge is 2.06. The molecular formula is C20H33N3. The standard InChI is InChI=1S/C11H19N.C6H8N2.C3H6/c1-4-9(2)8-11-7-5-6-10(3)12-11;7-5-6-3-1-2-4-8-6;1-3-2/h7,9H,4-6,8H2,1-3H3;1-4H,5,7H2;3H,1H2,2H3. The largest absolute Gasteiger partial charge is 0.325 e. The van der Waals surface area contributed by atoms with Gasteiger partial charge < -0.3 is 5.73 Å². The Morgan fingerprint density at radius 1 is 1.39 bits per heavy atom. The van der Waals surface area contributed by atoms with E-state index in [2.05, 4.69) is 43.4 Å². The molecule has 0 spiro atoms. The highest BCUT2D eigenvalue weighted by atomic mass is 14.8. The molecular weight excluding hydrogens is 282 g/mol. The number of aliphatic imine (C=N–C) groups is 1. The van der Waals surface area contributed by atoms with Crippen molar-refractivity contribution in [3.8, 4) is 0 Å². The van der Waals surface area contributed by atoms with Crippen LogP contribution in [0.4, 0.5) is 0 Å². The molecule has 0 aliphatic carbocycles. The summed E-state index contributed by atoms with van der Waals surface area (Å²) >= 11 is 0. The Bertz CT molecular complexity index is 475. The fraction of sp³-hybridized carbons (Fsp3) is 0.500. The lowest BCUT2D eigenvalue weighted by Crippen LogP contribution is -2.01. The Morgan fingerprint density at radius 3 is 2.52 bits per heavy atom. The summed E-state index contributed by atoms with van der Waals surface area (Å²) in [6.45, 7) is 12.4. The summed E-state index contributed by atoms with van der Waals surface area (Å²) in [7, 11) is 0. The fourth-order valence-electron chi connectivity index (χ4n) is 1.94. The summed E-state index contributed by atoms with van der Waals surface area (Å²) in [4.78, 5) is 8.52.